The zero-order valence-corrected chi connectivity index (χ0v) is 16.4. The predicted molar refractivity (Wildman–Crippen MR) is 106 cm³/mol. The molecule has 0 amide bonds. The van der Waals surface area contributed by atoms with Crippen molar-refractivity contribution < 1.29 is 0 Å². The molecule has 3 N–H and O–H groups in total. The van der Waals surface area contributed by atoms with Crippen molar-refractivity contribution in [3.05, 3.63) is 29.0 Å². The first kappa shape index (κ1) is 21.4. The highest BCUT2D eigenvalue weighted by Gasteiger charge is 1.96. The summed E-state index contributed by atoms with van der Waals surface area (Å²) in [6.45, 7) is 3.80. The number of nitrogens with two attached hydrogens (primary N) is 1. The first-order chi connectivity index (χ1) is 10.2. The van der Waals surface area contributed by atoms with E-state index in [2.05, 4.69) is 22.2 Å². The van der Waals surface area contributed by atoms with E-state index in [9.17, 15) is 0 Å². The van der Waals surface area contributed by atoms with Gasteiger partial charge in [0, 0.05) is 19.3 Å². The Morgan fingerprint density at radius 2 is 1.95 bits per heavy atom. The maximum absolute atomic E-state index is 5.83. The second kappa shape index (κ2) is 14.1. The zero-order valence-electron chi connectivity index (χ0n) is 13.4. The number of nitrogens with zero attached hydrogens (tertiary/aromatic N) is 2. The Balaban J connectivity index is 0.00000441. The molecule has 22 heavy (non-hydrogen) atoms. The molecule has 0 fully saturated rings. The van der Waals surface area contributed by atoms with Gasteiger partial charge in [-0.05, 0) is 24.5 Å². The van der Waals surface area contributed by atoms with Crippen LogP contribution in [0.25, 0.3) is 0 Å². The van der Waals surface area contributed by atoms with Crippen molar-refractivity contribution in [2.24, 2.45) is 10.7 Å². The number of guanidine groups is 1. The van der Waals surface area contributed by atoms with Crippen LogP contribution in [0.1, 0.15) is 51.0 Å². The van der Waals surface area contributed by atoms with Crippen LogP contribution in [0.3, 0.4) is 0 Å². The minimum absolute atomic E-state index is 0. The third-order valence-corrected chi connectivity index (χ3v) is 3.53. The van der Waals surface area contributed by atoms with Crippen LogP contribution < -0.4 is 11.1 Å². The molecular formula is C16H28ClIN4. The lowest BCUT2D eigenvalue weighted by Crippen LogP contribution is -2.33. The summed E-state index contributed by atoms with van der Waals surface area (Å²) in [5, 5.41) is 3.64. The van der Waals surface area contributed by atoms with Crippen molar-refractivity contribution in [3.8, 4) is 0 Å². The topological polar surface area (TPSA) is 63.3 Å². The smallest absolute Gasteiger partial charge is 0.188 e. The second-order valence-corrected chi connectivity index (χ2v) is 5.59. The summed E-state index contributed by atoms with van der Waals surface area (Å²) in [5.41, 5.74) is 6.96. The minimum atomic E-state index is 0. The number of rotatable bonds is 10. The summed E-state index contributed by atoms with van der Waals surface area (Å²) in [7, 11) is 0. The van der Waals surface area contributed by atoms with Gasteiger partial charge in [0.1, 0.15) is 5.15 Å². The van der Waals surface area contributed by atoms with Crippen molar-refractivity contribution in [3.63, 3.8) is 0 Å². The lowest BCUT2D eigenvalue weighted by Gasteiger charge is -2.05. The maximum Gasteiger partial charge on any atom is 0.188 e. The predicted octanol–water partition coefficient (Wildman–Crippen LogP) is 4.16. The number of hydrogen-bond donors (Lipinski definition) is 2. The van der Waals surface area contributed by atoms with E-state index in [-0.39, 0.29) is 24.0 Å². The molecular weight excluding hydrogens is 411 g/mol. The summed E-state index contributed by atoms with van der Waals surface area (Å²) in [6.07, 6.45) is 10.3. The summed E-state index contributed by atoms with van der Waals surface area (Å²) in [4.78, 5) is 8.38. The highest BCUT2D eigenvalue weighted by Crippen LogP contribution is 2.05. The fourth-order valence-corrected chi connectivity index (χ4v) is 2.15. The Hall–Kier alpha value is -0.560. The number of unbranched alkanes of at least 4 members (excludes halogenated alkanes) is 5. The van der Waals surface area contributed by atoms with Crippen LogP contribution in [0.2, 0.25) is 5.15 Å². The van der Waals surface area contributed by atoms with Gasteiger partial charge in [0.15, 0.2) is 5.96 Å². The number of aromatic nitrogens is 1. The molecule has 0 radical (unpaired) electrons. The third-order valence-electron chi connectivity index (χ3n) is 3.30. The average Bonchev–Trinajstić information content (AvgIpc) is 2.48. The molecule has 1 aromatic heterocycles. The van der Waals surface area contributed by atoms with Crippen LogP contribution in [-0.4, -0.2) is 24.0 Å². The van der Waals surface area contributed by atoms with Gasteiger partial charge in [-0.1, -0.05) is 56.7 Å². The SMILES string of the molecule is CCCCCCCCN=C(N)NCCc1ccc(Cl)nc1.I. The molecule has 0 aliphatic carbocycles. The van der Waals surface area contributed by atoms with Crippen molar-refractivity contribution in [2.75, 3.05) is 13.1 Å². The fourth-order valence-electron chi connectivity index (χ4n) is 2.04. The molecule has 0 saturated carbocycles. The van der Waals surface area contributed by atoms with E-state index in [1.807, 2.05) is 6.07 Å². The number of nitrogens with one attached hydrogen (secondary N) is 1. The van der Waals surface area contributed by atoms with Gasteiger partial charge in [0.25, 0.3) is 0 Å². The van der Waals surface area contributed by atoms with E-state index >= 15 is 0 Å². The molecule has 6 heteroatoms. The molecule has 0 unspecified atom stereocenters. The number of aliphatic imine (C=N–C) groups is 1. The molecule has 4 nitrogen and oxygen atoms in total. The van der Waals surface area contributed by atoms with E-state index in [0.717, 1.165) is 31.5 Å². The summed E-state index contributed by atoms with van der Waals surface area (Å²) < 4.78 is 0. The van der Waals surface area contributed by atoms with E-state index in [1.54, 1.807) is 12.3 Å². The number of halogens is 2. The minimum Gasteiger partial charge on any atom is -0.370 e. The molecule has 0 aliphatic heterocycles. The third kappa shape index (κ3) is 11.1. The molecule has 0 aliphatic rings. The Bertz CT molecular complexity index is 409. The Labute approximate surface area is 156 Å². The average molecular weight is 439 g/mol. The van der Waals surface area contributed by atoms with Gasteiger partial charge in [-0.3, -0.25) is 4.99 Å². The van der Waals surface area contributed by atoms with E-state index in [4.69, 9.17) is 17.3 Å². The Morgan fingerprint density at radius 3 is 2.64 bits per heavy atom. The maximum atomic E-state index is 5.83. The fraction of sp³-hybridized carbons (Fsp3) is 0.625. The van der Waals surface area contributed by atoms with Crippen molar-refractivity contribution in [2.45, 2.75) is 51.9 Å². The largest absolute Gasteiger partial charge is 0.370 e. The van der Waals surface area contributed by atoms with Crippen LogP contribution in [-0.2, 0) is 6.42 Å². The molecule has 1 heterocycles. The summed E-state index contributed by atoms with van der Waals surface area (Å²) in [5.74, 6) is 0.533. The standard InChI is InChI=1S/C16H27ClN4.HI/c1-2-3-4-5-6-7-11-19-16(18)20-12-10-14-8-9-15(17)21-13-14;/h8-9,13H,2-7,10-12H2,1H3,(H3,18,19,20);1H. The molecule has 0 aromatic carbocycles. The van der Waals surface area contributed by atoms with Gasteiger partial charge in [-0.2, -0.15) is 0 Å². The van der Waals surface area contributed by atoms with E-state index in [1.165, 1.54) is 32.1 Å². The number of pyridine rings is 1. The monoisotopic (exact) mass is 438 g/mol. The highest BCUT2D eigenvalue weighted by atomic mass is 127. The molecule has 126 valence electrons. The van der Waals surface area contributed by atoms with Gasteiger partial charge in [-0.15, -0.1) is 24.0 Å². The van der Waals surface area contributed by atoms with Crippen LogP contribution in [0.5, 0.6) is 0 Å². The van der Waals surface area contributed by atoms with E-state index in [0.29, 0.717) is 11.1 Å². The van der Waals surface area contributed by atoms with Gasteiger partial charge in [0.05, 0.1) is 0 Å². The van der Waals surface area contributed by atoms with Gasteiger partial charge >= 0.3 is 0 Å². The molecule has 1 aromatic rings. The molecule has 0 bridgehead atoms. The Kier molecular flexibility index (Phi) is 13.7. The van der Waals surface area contributed by atoms with Crippen molar-refractivity contribution >= 4 is 41.5 Å². The van der Waals surface area contributed by atoms with Gasteiger partial charge in [-0.25, -0.2) is 4.98 Å². The van der Waals surface area contributed by atoms with Gasteiger partial charge < -0.3 is 11.1 Å². The van der Waals surface area contributed by atoms with Gasteiger partial charge in [0.2, 0.25) is 0 Å². The van der Waals surface area contributed by atoms with Crippen LogP contribution in [0.15, 0.2) is 23.3 Å². The highest BCUT2D eigenvalue weighted by molar-refractivity contribution is 14.0. The van der Waals surface area contributed by atoms with Crippen LogP contribution >= 0.6 is 35.6 Å². The quantitative estimate of drug-likeness (QED) is 0.189. The lowest BCUT2D eigenvalue weighted by atomic mass is 10.1. The number of hydrogen-bond acceptors (Lipinski definition) is 2. The van der Waals surface area contributed by atoms with E-state index < -0.39 is 0 Å². The lowest BCUT2D eigenvalue weighted by molar-refractivity contribution is 0.611. The van der Waals surface area contributed by atoms with Crippen molar-refractivity contribution in [1.82, 2.24) is 10.3 Å². The summed E-state index contributed by atoms with van der Waals surface area (Å²) in [6, 6.07) is 3.77. The van der Waals surface area contributed by atoms with Crippen LogP contribution in [0.4, 0.5) is 0 Å². The molecule has 1 rings (SSSR count). The summed E-state index contributed by atoms with van der Waals surface area (Å²) >= 11 is 5.74. The first-order valence-electron chi connectivity index (χ1n) is 7.86. The Morgan fingerprint density at radius 1 is 1.23 bits per heavy atom. The van der Waals surface area contributed by atoms with Crippen LogP contribution in [0, 0.1) is 0 Å². The van der Waals surface area contributed by atoms with Crippen molar-refractivity contribution in [1.29, 1.82) is 0 Å². The zero-order chi connectivity index (χ0) is 15.3. The molecule has 0 atom stereocenters. The normalized spacial score (nSPS) is 11.1. The molecule has 0 saturated heterocycles. The second-order valence-electron chi connectivity index (χ2n) is 5.20. The first-order valence-corrected chi connectivity index (χ1v) is 8.24. The molecule has 0 spiro atoms.